The van der Waals surface area contributed by atoms with E-state index in [1.807, 2.05) is 5.32 Å². The third-order valence-electron chi connectivity index (χ3n) is 1.40. The van der Waals surface area contributed by atoms with E-state index in [0.29, 0.717) is 0 Å². The molecular formula is C6H11NO5. The van der Waals surface area contributed by atoms with Crippen molar-refractivity contribution in [2.45, 2.75) is 19.1 Å². The lowest BCUT2D eigenvalue weighted by molar-refractivity contribution is -0.163. The van der Waals surface area contributed by atoms with E-state index in [4.69, 9.17) is 10.2 Å². The fourth-order valence-corrected chi connectivity index (χ4v) is 0.574. The second-order valence-corrected chi connectivity index (χ2v) is 2.27. The Morgan fingerprint density at radius 3 is 2.17 bits per heavy atom. The zero-order valence-corrected chi connectivity index (χ0v) is 6.57. The topological polar surface area (TPSA) is 107 Å². The van der Waals surface area contributed by atoms with Gasteiger partial charge in [-0.15, -0.1) is 0 Å². The van der Waals surface area contributed by atoms with Crippen LogP contribution in [-0.4, -0.2) is 39.5 Å². The average Bonchev–Trinajstić information content (AvgIpc) is 1.99. The van der Waals surface area contributed by atoms with Crippen molar-refractivity contribution in [3.8, 4) is 0 Å². The number of carbonyl (C=O) groups is 2. The summed E-state index contributed by atoms with van der Waals surface area (Å²) in [5.74, 6) is -2.70. The van der Waals surface area contributed by atoms with Crippen molar-refractivity contribution in [2.75, 3.05) is 6.54 Å². The Morgan fingerprint density at radius 1 is 1.42 bits per heavy atom. The van der Waals surface area contributed by atoms with Crippen LogP contribution in [0.2, 0.25) is 0 Å². The van der Waals surface area contributed by atoms with Gasteiger partial charge in [-0.05, 0) is 6.42 Å². The molecular weight excluding hydrogens is 166 g/mol. The molecule has 0 rings (SSSR count). The first-order valence-electron chi connectivity index (χ1n) is 3.35. The van der Waals surface area contributed by atoms with Crippen molar-refractivity contribution in [3.63, 3.8) is 0 Å². The number of hydrogen-bond acceptors (Lipinski definition) is 4. The summed E-state index contributed by atoms with van der Waals surface area (Å²) in [5, 5.41) is 27.8. The third kappa shape index (κ3) is 2.85. The highest BCUT2D eigenvalue weighted by molar-refractivity contribution is 5.77. The molecule has 0 aliphatic rings. The largest absolute Gasteiger partial charge is 0.480 e. The Morgan fingerprint density at radius 2 is 1.92 bits per heavy atom. The van der Waals surface area contributed by atoms with Crippen LogP contribution >= 0.6 is 0 Å². The molecule has 1 atom stereocenters. The average molecular weight is 177 g/mol. The molecule has 0 aromatic heterocycles. The fourth-order valence-electron chi connectivity index (χ4n) is 0.574. The number of carboxylic acid groups (broad SMARTS) is 2. The smallest absolute Gasteiger partial charge is 0.351 e. The van der Waals surface area contributed by atoms with E-state index in [1.54, 1.807) is 0 Å². The predicted molar refractivity (Wildman–Crippen MR) is 38.5 cm³/mol. The lowest BCUT2D eigenvalue weighted by atomic mass is 10.1. The molecule has 0 amide bonds. The molecule has 0 aliphatic heterocycles. The third-order valence-corrected chi connectivity index (χ3v) is 1.40. The number of nitrogens with one attached hydrogen (secondary N) is 1. The van der Waals surface area contributed by atoms with Crippen LogP contribution in [0.25, 0.3) is 0 Å². The molecule has 0 heterocycles. The SMILES string of the molecule is CCC(O)(NCC(=O)O)C(=O)O. The zero-order chi connectivity index (χ0) is 9.78. The van der Waals surface area contributed by atoms with E-state index in [1.165, 1.54) is 6.92 Å². The molecule has 6 heteroatoms. The number of hydrogen-bond donors (Lipinski definition) is 4. The molecule has 0 aromatic carbocycles. The second-order valence-electron chi connectivity index (χ2n) is 2.27. The monoisotopic (exact) mass is 177 g/mol. The Kier molecular flexibility index (Phi) is 3.65. The molecule has 1 unspecified atom stereocenters. The van der Waals surface area contributed by atoms with Gasteiger partial charge in [0.05, 0.1) is 6.54 Å². The maximum atomic E-state index is 10.4. The van der Waals surface area contributed by atoms with Gasteiger partial charge in [0.1, 0.15) is 0 Å². The molecule has 0 spiro atoms. The van der Waals surface area contributed by atoms with Crippen LogP contribution in [0.15, 0.2) is 0 Å². The molecule has 6 nitrogen and oxygen atoms in total. The van der Waals surface area contributed by atoms with Gasteiger partial charge >= 0.3 is 11.9 Å². The van der Waals surface area contributed by atoms with Gasteiger partial charge < -0.3 is 15.3 Å². The first kappa shape index (κ1) is 10.9. The maximum Gasteiger partial charge on any atom is 0.351 e. The summed E-state index contributed by atoms with van der Waals surface area (Å²) in [6, 6.07) is 0. The van der Waals surface area contributed by atoms with Crippen molar-refractivity contribution in [1.29, 1.82) is 0 Å². The minimum atomic E-state index is -2.14. The summed E-state index contributed by atoms with van der Waals surface area (Å²) in [7, 11) is 0. The van der Waals surface area contributed by atoms with Crippen LogP contribution in [-0.2, 0) is 9.59 Å². The van der Waals surface area contributed by atoms with Crippen LogP contribution in [0, 0.1) is 0 Å². The van der Waals surface area contributed by atoms with Crippen molar-refractivity contribution in [3.05, 3.63) is 0 Å². The number of aliphatic carboxylic acids is 2. The highest BCUT2D eigenvalue weighted by atomic mass is 16.4. The Bertz CT molecular complexity index is 192. The molecule has 12 heavy (non-hydrogen) atoms. The van der Waals surface area contributed by atoms with Gasteiger partial charge in [0.2, 0.25) is 5.72 Å². The maximum absolute atomic E-state index is 10.4. The molecule has 0 saturated carbocycles. The number of rotatable bonds is 5. The molecule has 0 saturated heterocycles. The zero-order valence-electron chi connectivity index (χ0n) is 6.57. The highest BCUT2D eigenvalue weighted by Gasteiger charge is 2.33. The van der Waals surface area contributed by atoms with Crippen molar-refractivity contribution >= 4 is 11.9 Å². The van der Waals surface area contributed by atoms with E-state index < -0.39 is 24.2 Å². The van der Waals surface area contributed by atoms with Gasteiger partial charge in [0.25, 0.3) is 0 Å². The molecule has 4 N–H and O–H groups in total. The quantitative estimate of drug-likeness (QED) is 0.395. The van der Waals surface area contributed by atoms with E-state index in [9.17, 15) is 14.7 Å². The van der Waals surface area contributed by atoms with Crippen LogP contribution in [0.4, 0.5) is 0 Å². The molecule has 0 radical (unpaired) electrons. The Balaban J connectivity index is 4.15. The molecule has 0 aliphatic carbocycles. The minimum Gasteiger partial charge on any atom is -0.480 e. The van der Waals surface area contributed by atoms with Crippen molar-refractivity contribution in [1.82, 2.24) is 5.32 Å². The fraction of sp³-hybridized carbons (Fsp3) is 0.667. The summed E-state index contributed by atoms with van der Waals surface area (Å²) in [4.78, 5) is 20.4. The van der Waals surface area contributed by atoms with E-state index in [0.717, 1.165) is 0 Å². The van der Waals surface area contributed by atoms with E-state index in [2.05, 4.69) is 0 Å². The summed E-state index contributed by atoms with van der Waals surface area (Å²) >= 11 is 0. The van der Waals surface area contributed by atoms with Crippen LogP contribution in [0.1, 0.15) is 13.3 Å². The second kappa shape index (κ2) is 4.03. The van der Waals surface area contributed by atoms with Crippen molar-refractivity contribution < 1.29 is 24.9 Å². The summed E-state index contributed by atoms with van der Waals surface area (Å²) < 4.78 is 0. The highest BCUT2D eigenvalue weighted by Crippen LogP contribution is 2.04. The molecule has 0 bridgehead atoms. The van der Waals surface area contributed by atoms with Gasteiger partial charge in [-0.1, -0.05) is 6.92 Å². The normalized spacial score (nSPS) is 15.2. The first-order valence-corrected chi connectivity index (χ1v) is 3.35. The van der Waals surface area contributed by atoms with Gasteiger partial charge in [0.15, 0.2) is 0 Å². The Hall–Kier alpha value is -1.14. The summed E-state index contributed by atoms with van der Waals surface area (Å²) in [6.45, 7) is 0.847. The van der Waals surface area contributed by atoms with Crippen LogP contribution in [0.5, 0.6) is 0 Å². The van der Waals surface area contributed by atoms with Crippen LogP contribution < -0.4 is 5.32 Å². The lowest BCUT2D eigenvalue weighted by Crippen LogP contribution is -2.53. The van der Waals surface area contributed by atoms with E-state index >= 15 is 0 Å². The predicted octanol–water partition coefficient (Wildman–Crippen LogP) is -1.16. The van der Waals surface area contributed by atoms with Crippen molar-refractivity contribution in [2.24, 2.45) is 0 Å². The molecule has 0 aromatic rings. The minimum absolute atomic E-state index is 0.102. The lowest BCUT2D eigenvalue weighted by Gasteiger charge is -2.21. The van der Waals surface area contributed by atoms with Gasteiger partial charge in [0, 0.05) is 0 Å². The van der Waals surface area contributed by atoms with Gasteiger partial charge in [-0.3, -0.25) is 10.1 Å². The van der Waals surface area contributed by atoms with E-state index in [-0.39, 0.29) is 6.42 Å². The summed E-state index contributed by atoms with van der Waals surface area (Å²) in [6.07, 6.45) is -0.102. The standard InChI is InChI=1S/C6H11NO5/c1-2-6(12,5(10)11)7-3-4(8)9/h7,12H,2-3H2,1H3,(H,8,9)(H,10,11). The Labute approximate surface area is 68.8 Å². The molecule has 0 fully saturated rings. The van der Waals surface area contributed by atoms with Gasteiger partial charge in [-0.2, -0.15) is 0 Å². The van der Waals surface area contributed by atoms with Gasteiger partial charge in [-0.25, -0.2) is 4.79 Å². The summed E-state index contributed by atoms with van der Waals surface area (Å²) in [5.41, 5.74) is -2.14. The number of carboxylic acids is 2. The first-order chi connectivity index (χ1) is 5.42. The van der Waals surface area contributed by atoms with Crippen LogP contribution in [0.3, 0.4) is 0 Å². The molecule has 70 valence electrons. The number of aliphatic hydroxyl groups is 1.